The molecule has 1 aliphatic rings. The van der Waals surface area contributed by atoms with Gasteiger partial charge in [0.2, 0.25) is 0 Å². The van der Waals surface area contributed by atoms with Gasteiger partial charge in [0, 0.05) is 37.7 Å². The lowest BCUT2D eigenvalue weighted by atomic mass is 10.0. The van der Waals surface area contributed by atoms with E-state index in [-0.39, 0.29) is 5.82 Å². The fraction of sp³-hybridized carbons (Fsp3) is 0.533. The monoisotopic (exact) mass is 295 g/mol. The zero-order chi connectivity index (χ0) is 14.8. The van der Waals surface area contributed by atoms with Crippen LogP contribution in [0.4, 0.5) is 4.39 Å². The molecule has 1 aromatic carbocycles. The molecule has 0 bridgehead atoms. The van der Waals surface area contributed by atoms with Crippen molar-refractivity contribution in [2.45, 2.75) is 25.9 Å². The van der Waals surface area contributed by atoms with Gasteiger partial charge in [0.15, 0.2) is 0 Å². The molecule has 0 aliphatic carbocycles. The molecule has 0 atom stereocenters. The van der Waals surface area contributed by atoms with Gasteiger partial charge in [-0.25, -0.2) is 4.39 Å². The summed E-state index contributed by atoms with van der Waals surface area (Å²) in [5, 5.41) is 9.63. The summed E-state index contributed by atoms with van der Waals surface area (Å²) in [7, 11) is 0. The van der Waals surface area contributed by atoms with E-state index in [1.165, 1.54) is 12.1 Å². The van der Waals surface area contributed by atoms with E-state index in [2.05, 4.69) is 15.9 Å². The number of piperazine rings is 1. The van der Waals surface area contributed by atoms with Crippen molar-refractivity contribution in [3.63, 3.8) is 0 Å². The lowest BCUT2D eigenvalue weighted by molar-refractivity contribution is 0.0764. The van der Waals surface area contributed by atoms with Crippen LogP contribution in [0.25, 0.3) is 0 Å². The number of halogens is 2. The quantitative estimate of drug-likeness (QED) is 0.859. The average molecular weight is 296 g/mol. The van der Waals surface area contributed by atoms with Gasteiger partial charge in [-0.3, -0.25) is 9.80 Å². The molecule has 3 nitrogen and oxygen atoms in total. The number of benzene rings is 1. The molecule has 2 rings (SSSR count). The van der Waals surface area contributed by atoms with E-state index < -0.39 is 5.54 Å². The van der Waals surface area contributed by atoms with E-state index in [1.807, 2.05) is 13.8 Å². The lowest BCUT2D eigenvalue weighted by Gasteiger charge is -2.40. The Labute approximate surface area is 124 Å². The van der Waals surface area contributed by atoms with Crippen LogP contribution in [0.3, 0.4) is 0 Å². The Morgan fingerprint density at radius 3 is 2.50 bits per heavy atom. The minimum absolute atomic E-state index is 0.306. The lowest BCUT2D eigenvalue weighted by Crippen LogP contribution is -2.53. The van der Waals surface area contributed by atoms with Gasteiger partial charge >= 0.3 is 0 Å². The molecule has 1 heterocycles. The fourth-order valence-corrected chi connectivity index (χ4v) is 2.65. The van der Waals surface area contributed by atoms with Crippen molar-refractivity contribution in [2.75, 3.05) is 26.2 Å². The Kier molecular flexibility index (Phi) is 4.64. The number of nitriles is 1. The van der Waals surface area contributed by atoms with Gasteiger partial charge in [0.1, 0.15) is 11.4 Å². The molecular formula is C15H19ClFN3. The summed E-state index contributed by atoms with van der Waals surface area (Å²) in [5.41, 5.74) is 0.528. The molecule has 0 N–H and O–H groups in total. The van der Waals surface area contributed by atoms with Crippen molar-refractivity contribution < 1.29 is 4.39 Å². The summed E-state index contributed by atoms with van der Waals surface area (Å²) in [6.07, 6.45) is 0. The Morgan fingerprint density at radius 1 is 1.30 bits per heavy atom. The van der Waals surface area contributed by atoms with Crippen molar-refractivity contribution >= 4 is 11.6 Å². The minimum Gasteiger partial charge on any atom is -0.296 e. The average Bonchev–Trinajstić information content (AvgIpc) is 2.42. The molecule has 1 fully saturated rings. The van der Waals surface area contributed by atoms with Gasteiger partial charge in [-0.2, -0.15) is 5.26 Å². The van der Waals surface area contributed by atoms with Crippen LogP contribution in [0.1, 0.15) is 19.4 Å². The Balaban J connectivity index is 1.93. The second kappa shape index (κ2) is 6.09. The van der Waals surface area contributed by atoms with Gasteiger partial charge in [-0.05, 0) is 31.5 Å². The zero-order valence-electron chi connectivity index (χ0n) is 11.9. The summed E-state index contributed by atoms with van der Waals surface area (Å²) < 4.78 is 13.0. The van der Waals surface area contributed by atoms with Gasteiger partial charge in [-0.15, -0.1) is 0 Å². The topological polar surface area (TPSA) is 30.3 Å². The van der Waals surface area contributed by atoms with E-state index >= 15 is 0 Å². The second-order valence-corrected chi connectivity index (χ2v) is 6.08. The first-order chi connectivity index (χ1) is 9.42. The fourth-order valence-electron chi connectivity index (χ4n) is 2.43. The molecule has 0 saturated carbocycles. The number of hydrogen-bond donors (Lipinski definition) is 0. The summed E-state index contributed by atoms with van der Waals surface area (Å²) in [6.45, 7) is 8.11. The predicted octanol–water partition coefficient (Wildman–Crippen LogP) is 2.90. The normalized spacial score (nSPS) is 17.9. The molecule has 0 radical (unpaired) electrons. The summed E-state index contributed by atoms with van der Waals surface area (Å²) in [6, 6.07) is 6.87. The van der Waals surface area contributed by atoms with Crippen LogP contribution in [0.15, 0.2) is 18.2 Å². The van der Waals surface area contributed by atoms with Crippen molar-refractivity contribution in [3.05, 3.63) is 34.6 Å². The predicted molar refractivity (Wildman–Crippen MR) is 78.0 cm³/mol. The molecule has 108 valence electrons. The van der Waals surface area contributed by atoms with Crippen LogP contribution in [0.2, 0.25) is 5.02 Å². The third kappa shape index (κ3) is 3.49. The first kappa shape index (κ1) is 15.2. The summed E-state index contributed by atoms with van der Waals surface area (Å²) >= 11 is 6.05. The Morgan fingerprint density at radius 2 is 1.95 bits per heavy atom. The summed E-state index contributed by atoms with van der Waals surface area (Å²) in [4.78, 5) is 4.47. The van der Waals surface area contributed by atoms with Crippen molar-refractivity contribution in [1.82, 2.24) is 9.80 Å². The number of hydrogen-bond acceptors (Lipinski definition) is 3. The van der Waals surface area contributed by atoms with Crippen LogP contribution < -0.4 is 0 Å². The van der Waals surface area contributed by atoms with Gasteiger partial charge in [-0.1, -0.05) is 17.7 Å². The molecule has 5 heteroatoms. The molecular weight excluding hydrogens is 277 g/mol. The zero-order valence-corrected chi connectivity index (χ0v) is 12.6. The SMILES string of the molecule is CC(C)(C#N)N1CCN(Cc2ccc(F)cc2Cl)CC1. The number of nitrogens with zero attached hydrogens (tertiary/aromatic N) is 3. The second-order valence-electron chi connectivity index (χ2n) is 5.67. The highest BCUT2D eigenvalue weighted by Gasteiger charge is 2.29. The van der Waals surface area contributed by atoms with Gasteiger partial charge in [0.05, 0.1) is 6.07 Å². The first-order valence-electron chi connectivity index (χ1n) is 6.75. The Hall–Kier alpha value is -1.15. The van der Waals surface area contributed by atoms with Crippen LogP contribution in [-0.4, -0.2) is 41.5 Å². The highest BCUT2D eigenvalue weighted by molar-refractivity contribution is 6.31. The van der Waals surface area contributed by atoms with Crippen LogP contribution in [0, 0.1) is 17.1 Å². The smallest absolute Gasteiger partial charge is 0.124 e. The molecule has 1 aromatic rings. The molecule has 1 aliphatic heterocycles. The largest absolute Gasteiger partial charge is 0.296 e. The van der Waals surface area contributed by atoms with E-state index in [9.17, 15) is 4.39 Å². The van der Waals surface area contributed by atoms with Crippen LogP contribution in [0.5, 0.6) is 0 Å². The van der Waals surface area contributed by atoms with E-state index in [0.717, 1.165) is 38.3 Å². The van der Waals surface area contributed by atoms with Crippen molar-refractivity contribution in [3.8, 4) is 6.07 Å². The molecule has 0 aromatic heterocycles. The van der Waals surface area contributed by atoms with Crippen molar-refractivity contribution in [1.29, 1.82) is 5.26 Å². The molecule has 0 amide bonds. The molecule has 0 unspecified atom stereocenters. The third-order valence-corrected chi connectivity index (χ3v) is 4.20. The molecule has 0 spiro atoms. The van der Waals surface area contributed by atoms with E-state index in [1.54, 1.807) is 6.07 Å². The maximum Gasteiger partial charge on any atom is 0.124 e. The highest BCUT2D eigenvalue weighted by atomic mass is 35.5. The van der Waals surface area contributed by atoms with E-state index in [4.69, 9.17) is 16.9 Å². The van der Waals surface area contributed by atoms with Crippen LogP contribution >= 0.6 is 11.6 Å². The maximum absolute atomic E-state index is 13.0. The maximum atomic E-state index is 13.0. The van der Waals surface area contributed by atoms with Crippen molar-refractivity contribution in [2.24, 2.45) is 0 Å². The molecule has 20 heavy (non-hydrogen) atoms. The van der Waals surface area contributed by atoms with Gasteiger partial charge < -0.3 is 0 Å². The molecule has 1 saturated heterocycles. The Bertz CT molecular complexity index is 516. The highest BCUT2D eigenvalue weighted by Crippen LogP contribution is 2.21. The first-order valence-corrected chi connectivity index (χ1v) is 7.13. The third-order valence-electron chi connectivity index (χ3n) is 3.85. The van der Waals surface area contributed by atoms with Gasteiger partial charge in [0.25, 0.3) is 0 Å². The van der Waals surface area contributed by atoms with Crippen LogP contribution in [-0.2, 0) is 6.54 Å². The minimum atomic E-state index is -0.417. The summed E-state index contributed by atoms with van der Waals surface area (Å²) in [5.74, 6) is -0.306. The standard InChI is InChI=1S/C15H19ClFN3/c1-15(2,11-18)20-7-5-19(6-8-20)10-12-3-4-13(17)9-14(12)16/h3-4,9H,5-8,10H2,1-2H3. The van der Waals surface area contributed by atoms with E-state index in [0.29, 0.717) is 5.02 Å². The number of rotatable bonds is 3.